The quantitative estimate of drug-likeness (QED) is 0.689. The maximum atomic E-state index is 12.1. The fraction of sp³-hybridized carbons (Fsp3) is 0.143. The average Bonchev–Trinajstić information content (AvgIpc) is 2.95. The summed E-state index contributed by atoms with van der Waals surface area (Å²) >= 11 is 1.43. The Kier molecular flexibility index (Phi) is 2.83. The van der Waals surface area contributed by atoms with Gasteiger partial charge in [-0.3, -0.25) is 9.36 Å². The van der Waals surface area contributed by atoms with Gasteiger partial charge in [0.2, 0.25) is 0 Å². The van der Waals surface area contributed by atoms with E-state index in [-0.39, 0.29) is 12.3 Å². The van der Waals surface area contributed by atoms with Crippen LogP contribution in [0.15, 0.2) is 45.6 Å². The minimum absolute atomic E-state index is 0.00972. The second-order valence-electron chi connectivity index (χ2n) is 4.26. The van der Waals surface area contributed by atoms with Crippen LogP contribution in [0.5, 0.6) is 0 Å². The third-order valence-corrected chi connectivity index (χ3v) is 3.93. The first-order valence-corrected chi connectivity index (χ1v) is 6.65. The van der Waals surface area contributed by atoms with E-state index in [1.165, 1.54) is 15.9 Å². The molecule has 0 aliphatic rings. The van der Waals surface area contributed by atoms with Crippen molar-refractivity contribution in [3.05, 3.63) is 56.7 Å². The molecule has 0 spiro atoms. The summed E-state index contributed by atoms with van der Waals surface area (Å²) < 4.78 is 6.47. The van der Waals surface area contributed by atoms with Crippen molar-refractivity contribution in [1.82, 2.24) is 4.57 Å². The molecular weight excluding hydrogens is 262 g/mol. The van der Waals surface area contributed by atoms with Crippen LogP contribution in [0.25, 0.3) is 11.1 Å². The largest absolute Gasteiger partial charge is 0.420 e. The summed E-state index contributed by atoms with van der Waals surface area (Å²) in [6.45, 7) is 1.96. The molecule has 5 heteroatoms. The van der Waals surface area contributed by atoms with Crippen LogP contribution in [0, 0.1) is 6.92 Å². The number of Topliss-reactive ketones (excluding diaryl/α,β-unsaturated/α-hetero) is 1. The number of nitrogens with zero attached hydrogens (tertiary/aromatic N) is 1. The van der Waals surface area contributed by atoms with Crippen LogP contribution in [-0.2, 0) is 6.54 Å². The molecule has 0 saturated carbocycles. The molecule has 0 fully saturated rings. The zero-order chi connectivity index (χ0) is 13.4. The van der Waals surface area contributed by atoms with Crippen molar-refractivity contribution in [1.29, 1.82) is 0 Å². The molecule has 3 rings (SSSR count). The summed E-state index contributed by atoms with van der Waals surface area (Å²) in [5.74, 6) is -0.574. The number of aryl methyl sites for hydroxylation is 1. The Balaban J connectivity index is 2.00. The number of hydrogen-bond acceptors (Lipinski definition) is 4. The molecule has 0 saturated heterocycles. The predicted octanol–water partition coefficient (Wildman–Crippen LogP) is 2.85. The maximum absolute atomic E-state index is 12.1. The monoisotopic (exact) mass is 273 g/mol. The number of para-hydroxylation sites is 2. The van der Waals surface area contributed by atoms with E-state index in [2.05, 4.69) is 0 Å². The number of hydrogen-bond donors (Lipinski definition) is 0. The highest BCUT2D eigenvalue weighted by atomic mass is 32.1. The van der Waals surface area contributed by atoms with Gasteiger partial charge < -0.3 is 4.42 Å². The first-order chi connectivity index (χ1) is 9.15. The third kappa shape index (κ3) is 2.13. The highest BCUT2D eigenvalue weighted by molar-refractivity contribution is 7.14. The first kappa shape index (κ1) is 11.9. The third-order valence-electron chi connectivity index (χ3n) is 2.89. The van der Waals surface area contributed by atoms with Crippen molar-refractivity contribution in [3.8, 4) is 0 Å². The molecule has 0 amide bonds. The first-order valence-electron chi connectivity index (χ1n) is 5.83. The topological polar surface area (TPSA) is 52.2 Å². The summed E-state index contributed by atoms with van der Waals surface area (Å²) in [5.41, 5.74) is 1.15. The highest BCUT2D eigenvalue weighted by Crippen LogP contribution is 2.17. The van der Waals surface area contributed by atoms with Crippen molar-refractivity contribution in [2.75, 3.05) is 0 Å². The molecule has 0 bridgehead atoms. The van der Waals surface area contributed by atoms with Crippen molar-refractivity contribution in [2.45, 2.75) is 13.5 Å². The average molecular weight is 273 g/mol. The zero-order valence-electron chi connectivity index (χ0n) is 10.3. The molecule has 0 N–H and O–H groups in total. The van der Waals surface area contributed by atoms with Crippen LogP contribution in [0.2, 0.25) is 0 Å². The fourth-order valence-corrected chi connectivity index (χ4v) is 2.77. The molecule has 0 atom stereocenters. The van der Waals surface area contributed by atoms with Crippen molar-refractivity contribution in [2.24, 2.45) is 0 Å². The van der Waals surface area contributed by atoms with Crippen molar-refractivity contribution in [3.63, 3.8) is 0 Å². The Morgan fingerprint density at radius 2 is 2.05 bits per heavy atom. The summed E-state index contributed by atoms with van der Waals surface area (Å²) in [6, 6.07) is 10.8. The van der Waals surface area contributed by atoms with Gasteiger partial charge in [0.15, 0.2) is 11.4 Å². The zero-order valence-corrected chi connectivity index (χ0v) is 11.1. The Morgan fingerprint density at radius 3 is 2.79 bits per heavy atom. The lowest BCUT2D eigenvalue weighted by molar-refractivity contribution is 0.0974. The molecule has 19 heavy (non-hydrogen) atoms. The molecule has 0 radical (unpaired) electrons. The number of benzene rings is 1. The van der Waals surface area contributed by atoms with E-state index in [4.69, 9.17) is 4.42 Å². The molecule has 96 valence electrons. The number of carbonyl (C=O) groups is 1. The van der Waals surface area contributed by atoms with E-state index in [9.17, 15) is 9.59 Å². The normalized spacial score (nSPS) is 11.0. The molecule has 2 aromatic heterocycles. The number of aromatic nitrogens is 1. The molecule has 3 aromatic rings. The number of thiophene rings is 1. The van der Waals surface area contributed by atoms with Gasteiger partial charge >= 0.3 is 5.76 Å². The Bertz CT molecular complexity index is 809. The van der Waals surface area contributed by atoms with Crippen LogP contribution >= 0.6 is 11.3 Å². The molecule has 0 aliphatic carbocycles. The Hall–Kier alpha value is -2.14. The van der Waals surface area contributed by atoms with E-state index < -0.39 is 5.76 Å². The standard InChI is InChI=1S/C14H11NO3S/c1-9-6-7-13(19-9)11(16)8-15-10-4-2-3-5-12(10)18-14(15)17/h2-7H,8H2,1H3. The number of fused-ring (bicyclic) bond motifs is 1. The van der Waals surface area contributed by atoms with Gasteiger partial charge in [-0.15, -0.1) is 11.3 Å². The smallest absolute Gasteiger partial charge is 0.408 e. The van der Waals surface area contributed by atoms with Crippen molar-refractivity contribution < 1.29 is 9.21 Å². The van der Waals surface area contributed by atoms with Gasteiger partial charge in [0.05, 0.1) is 16.9 Å². The van der Waals surface area contributed by atoms with Crippen LogP contribution in [0.3, 0.4) is 0 Å². The lowest BCUT2D eigenvalue weighted by Gasteiger charge is -1.99. The van der Waals surface area contributed by atoms with Gasteiger partial charge in [0, 0.05) is 4.88 Å². The molecule has 1 aromatic carbocycles. The number of rotatable bonds is 3. The number of ketones is 1. The summed E-state index contributed by atoms with van der Waals surface area (Å²) in [7, 11) is 0. The predicted molar refractivity (Wildman–Crippen MR) is 73.9 cm³/mol. The van der Waals surface area contributed by atoms with Crippen LogP contribution < -0.4 is 5.76 Å². The van der Waals surface area contributed by atoms with Gasteiger partial charge in [-0.25, -0.2) is 4.79 Å². The van der Waals surface area contributed by atoms with E-state index in [1.54, 1.807) is 24.3 Å². The van der Waals surface area contributed by atoms with Gasteiger partial charge in [0.25, 0.3) is 0 Å². The molecule has 0 aliphatic heterocycles. The second-order valence-corrected chi connectivity index (χ2v) is 5.54. The lowest BCUT2D eigenvalue weighted by Crippen LogP contribution is -2.19. The van der Waals surface area contributed by atoms with E-state index in [1.807, 2.05) is 19.1 Å². The van der Waals surface area contributed by atoms with Gasteiger partial charge in [-0.05, 0) is 31.2 Å². The summed E-state index contributed by atoms with van der Waals surface area (Å²) in [4.78, 5) is 25.6. The lowest BCUT2D eigenvalue weighted by atomic mass is 10.3. The van der Waals surface area contributed by atoms with Crippen LogP contribution in [0.1, 0.15) is 14.5 Å². The molecular formula is C14H11NO3S. The summed E-state index contributed by atoms with van der Waals surface area (Å²) in [5, 5.41) is 0. The Morgan fingerprint density at radius 1 is 1.26 bits per heavy atom. The molecule has 2 heterocycles. The maximum Gasteiger partial charge on any atom is 0.420 e. The van der Waals surface area contributed by atoms with E-state index in [0.29, 0.717) is 16.0 Å². The van der Waals surface area contributed by atoms with Crippen LogP contribution in [0.4, 0.5) is 0 Å². The van der Waals surface area contributed by atoms with E-state index >= 15 is 0 Å². The highest BCUT2D eigenvalue weighted by Gasteiger charge is 2.14. The molecule has 0 unspecified atom stereocenters. The second kappa shape index (κ2) is 4.51. The number of oxazole rings is 1. The minimum Gasteiger partial charge on any atom is -0.408 e. The van der Waals surface area contributed by atoms with Gasteiger partial charge in [-0.2, -0.15) is 0 Å². The van der Waals surface area contributed by atoms with Gasteiger partial charge in [0.1, 0.15) is 0 Å². The minimum atomic E-state index is -0.497. The van der Waals surface area contributed by atoms with Crippen molar-refractivity contribution >= 4 is 28.2 Å². The van der Waals surface area contributed by atoms with Gasteiger partial charge in [-0.1, -0.05) is 12.1 Å². The van der Waals surface area contributed by atoms with Crippen LogP contribution in [-0.4, -0.2) is 10.4 Å². The molecule has 4 nitrogen and oxygen atoms in total. The summed E-state index contributed by atoms with van der Waals surface area (Å²) in [6.07, 6.45) is 0. The SMILES string of the molecule is Cc1ccc(C(=O)Cn2c(=O)oc3ccccc32)s1. The van der Waals surface area contributed by atoms with E-state index in [0.717, 1.165) is 4.88 Å². The fourth-order valence-electron chi connectivity index (χ4n) is 1.97. The Labute approximate surface area is 112 Å². The number of carbonyl (C=O) groups excluding carboxylic acids is 1.